The van der Waals surface area contributed by atoms with Crippen molar-refractivity contribution in [2.45, 2.75) is 32.4 Å². The molecule has 0 spiro atoms. The summed E-state index contributed by atoms with van der Waals surface area (Å²) in [6.07, 6.45) is 0.540. The first-order valence-electron chi connectivity index (χ1n) is 8.31. The average Bonchev–Trinajstić information content (AvgIpc) is 3.21. The quantitative estimate of drug-likeness (QED) is 0.673. The largest absolute Gasteiger partial charge is 0.349 e. The molecule has 136 valence electrons. The Bertz CT molecular complexity index is 805. The average molecular weight is 357 g/mol. The van der Waals surface area contributed by atoms with Gasteiger partial charge in [-0.3, -0.25) is 14.5 Å². The van der Waals surface area contributed by atoms with Crippen LogP contribution in [0.2, 0.25) is 0 Å². The predicted molar refractivity (Wildman–Crippen MR) is 89.9 cm³/mol. The Balaban J connectivity index is 1.57. The van der Waals surface area contributed by atoms with E-state index in [1.54, 1.807) is 0 Å². The number of amides is 4. The van der Waals surface area contributed by atoms with Gasteiger partial charge in [-0.25, -0.2) is 4.79 Å². The van der Waals surface area contributed by atoms with Crippen LogP contribution in [0.4, 0.5) is 4.79 Å². The van der Waals surface area contributed by atoms with E-state index in [9.17, 15) is 14.4 Å². The molecule has 1 aliphatic heterocycles. The van der Waals surface area contributed by atoms with Crippen LogP contribution in [0.5, 0.6) is 0 Å². The highest BCUT2D eigenvalue weighted by Gasteiger charge is 2.38. The molecule has 10 nitrogen and oxygen atoms in total. The van der Waals surface area contributed by atoms with Crippen LogP contribution in [0.25, 0.3) is 5.69 Å². The molecule has 3 rings (SSSR count). The number of carbonyl (C=O) groups excluding carboxylic acids is 3. The van der Waals surface area contributed by atoms with Crippen molar-refractivity contribution in [3.8, 4) is 5.69 Å². The zero-order valence-electron chi connectivity index (χ0n) is 14.3. The highest BCUT2D eigenvalue weighted by atomic mass is 16.2. The summed E-state index contributed by atoms with van der Waals surface area (Å²) in [5, 5.41) is 16.6. The van der Waals surface area contributed by atoms with Crippen LogP contribution in [0.1, 0.15) is 25.6 Å². The number of hydrogen-bond donors (Lipinski definition) is 2. The molecule has 10 heteroatoms. The molecule has 0 saturated carbocycles. The van der Waals surface area contributed by atoms with Crippen LogP contribution >= 0.6 is 0 Å². The van der Waals surface area contributed by atoms with E-state index in [0.717, 1.165) is 10.6 Å². The first-order chi connectivity index (χ1) is 12.6. The number of benzene rings is 1. The van der Waals surface area contributed by atoms with Crippen molar-refractivity contribution in [3.05, 3.63) is 36.2 Å². The maximum atomic E-state index is 12.1. The van der Waals surface area contributed by atoms with Crippen molar-refractivity contribution < 1.29 is 14.4 Å². The zero-order chi connectivity index (χ0) is 18.5. The summed E-state index contributed by atoms with van der Waals surface area (Å²) in [7, 11) is 0. The van der Waals surface area contributed by atoms with Gasteiger partial charge in [0.05, 0.1) is 18.7 Å². The normalized spacial score (nSPS) is 16.7. The summed E-state index contributed by atoms with van der Waals surface area (Å²) in [5.74, 6) is -0.287. The number of nitrogens with zero attached hydrogens (tertiary/aromatic N) is 5. The predicted octanol–water partition coefficient (Wildman–Crippen LogP) is -0.001000. The zero-order valence-corrected chi connectivity index (χ0v) is 14.3. The maximum absolute atomic E-state index is 12.1. The van der Waals surface area contributed by atoms with Crippen LogP contribution in [0, 0.1) is 0 Å². The van der Waals surface area contributed by atoms with E-state index >= 15 is 0 Å². The monoisotopic (exact) mass is 357 g/mol. The van der Waals surface area contributed by atoms with Crippen molar-refractivity contribution in [2.24, 2.45) is 0 Å². The first kappa shape index (κ1) is 17.5. The number of rotatable bonds is 7. The van der Waals surface area contributed by atoms with E-state index in [0.29, 0.717) is 18.8 Å². The van der Waals surface area contributed by atoms with Gasteiger partial charge in [-0.05, 0) is 29.0 Å². The van der Waals surface area contributed by atoms with Crippen molar-refractivity contribution in [1.82, 2.24) is 35.7 Å². The molecule has 2 aromatic rings. The molecule has 1 aromatic heterocycles. The fraction of sp³-hybridized carbons (Fsp3) is 0.375. The number of aromatic nitrogens is 4. The molecule has 1 aromatic carbocycles. The third-order valence-corrected chi connectivity index (χ3v) is 3.92. The van der Waals surface area contributed by atoms with Gasteiger partial charge in [0.25, 0.3) is 5.91 Å². The SMILES string of the molecule is CCCN1C(=O)N[C@@H](CC(=O)NCc2nnnn2-c2ccccc2)C1=O. The van der Waals surface area contributed by atoms with Crippen LogP contribution < -0.4 is 10.6 Å². The minimum atomic E-state index is -0.834. The van der Waals surface area contributed by atoms with E-state index in [1.165, 1.54) is 4.68 Å². The summed E-state index contributed by atoms with van der Waals surface area (Å²) in [5.41, 5.74) is 0.773. The molecule has 26 heavy (non-hydrogen) atoms. The van der Waals surface area contributed by atoms with E-state index in [-0.39, 0.29) is 24.8 Å². The lowest BCUT2D eigenvalue weighted by Crippen LogP contribution is -2.36. The number of imide groups is 1. The van der Waals surface area contributed by atoms with Crippen LogP contribution in [0.15, 0.2) is 30.3 Å². The van der Waals surface area contributed by atoms with Gasteiger partial charge in [0.15, 0.2) is 5.82 Å². The van der Waals surface area contributed by atoms with Crippen molar-refractivity contribution >= 4 is 17.8 Å². The Morgan fingerprint density at radius 3 is 2.77 bits per heavy atom. The Hall–Kier alpha value is -3.30. The van der Waals surface area contributed by atoms with Crippen LogP contribution in [-0.2, 0) is 16.1 Å². The van der Waals surface area contributed by atoms with Gasteiger partial charge in [-0.1, -0.05) is 25.1 Å². The summed E-state index contributed by atoms with van der Waals surface area (Å²) in [6, 6.07) is 7.99. The highest BCUT2D eigenvalue weighted by molar-refractivity contribution is 6.05. The number of urea groups is 1. The summed E-state index contributed by atoms with van der Waals surface area (Å²) in [6.45, 7) is 2.32. The number of hydrogen-bond acceptors (Lipinski definition) is 6. The minimum Gasteiger partial charge on any atom is -0.349 e. The van der Waals surface area contributed by atoms with E-state index in [4.69, 9.17) is 0 Å². The lowest BCUT2D eigenvalue weighted by Gasteiger charge is -2.11. The smallest absolute Gasteiger partial charge is 0.324 e. The molecule has 1 fully saturated rings. The van der Waals surface area contributed by atoms with E-state index < -0.39 is 12.1 Å². The first-order valence-corrected chi connectivity index (χ1v) is 8.31. The van der Waals surface area contributed by atoms with Crippen molar-refractivity contribution in [1.29, 1.82) is 0 Å². The fourth-order valence-electron chi connectivity index (χ4n) is 2.67. The molecular formula is C16H19N7O3. The number of para-hydroxylation sites is 1. The molecule has 2 N–H and O–H groups in total. The van der Waals surface area contributed by atoms with Gasteiger partial charge in [-0.15, -0.1) is 5.10 Å². The second-order valence-electron chi connectivity index (χ2n) is 5.82. The topological polar surface area (TPSA) is 122 Å². The summed E-state index contributed by atoms with van der Waals surface area (Å²) >= 11 is 0. The summed E-state index contributed by atoms with van der Waals surface area (Å²) < 4.78 is 1.52. The second kappa shape index (κ2) is 7.72. The molecule has 2 heterocycles. The molecule has 0 radical (unpaired) electrons. The highest BCUT2D eigenvalue weighted by Crippen LogP contribution is 2.10. The van der Waals surface area contributed by atoms with E-state index in [2.05, 4.69) is 26.2 Å². The Labute approximate surface area is 149 Å². The van der Waals surface area contributed by atoms with Gasteiger partial charge < -0.3 is 10.6 Å². The molecular weight excluding hydrogens is 338 g/mol. The number of carbonyl (C=O) groups is 3. The molecule has 1 saturated heterocycles. The van der Waals surface area contributed by atoms with Crippen LogP contribution in [-0.4, -0.2) is 55.5 Å². The molecule has 0 aliphatic carbocycles. The molecule has 1 atom stereocenters. The van der Waals surface area contributed by atoms with Gasteiger partial charge in [0.1, 0.15) is 6.04 Å². The summed E-state index contributed by atoms with van der Waals surface area (Å²) in [4.78, 5) is 37.2. The third kappa shape index (κ3) is 3.68. The van der Waals surface area contributed by atoms with Crippen molar-refractivity contribution in [2.75, 3.05) is 6.54 Å². The Morgan fingerprint density at radius 1 is 1.27 bits per heavy atom. The standard InChI is InChI=1S/C16H19N7O3/c1-2-8-22-15(25)12(18-16(22)26)9-14(24)17-10-13-19-20-21-23(13)11-6-4-3-5-7-11/h3-7,12H,2,8-10H2,1H3,(H,17,24)(H,18,26)/t12-/m0/s1. The maximum Gasteiger partial charge on any atom is 0.324 e. The molecule has 0 bridgehead atoms. The van der Waals surface area contributed by atoms with Gasteiger partial charge >= 0.3 is 6.03 Å². The van der Waals surface area contributed by atoms with Gasteiger partial charge in [0, 0.05) is 6.54 Å². The van der Waals surface area contributed by atoms with E-state index in [1.807, 2.05) is 37.3 Å². The lowest BCUT2D eigenvalue weighted by atomic mass is 10.2. The number of nitrogens with one attached hydrogen (secondary N) is 2. The Morgan fingerprint density at radius 2 is 2.04 bits per heavy atom. The van der Waals surface area contributed by atoms with Crippen molar-refractivity contribution in [3.63, 3.8) is 0 Å². The van der Waals surface area contributed by atoms with Gasteiger partial charge in [0.2, 0.25) is 5.91 Å². The molecule has 0 unspecified atom stereocenters. The van der Waals surface area contributed by atoms with Gasteiger partial charge in [-0.2, -0.15) is 4.68 Å². The fourth-order valence-corrected chi connectivity index (χ4v) is 2.67. The number of tetrazole rings is 1. The lowest BCUT2D eigenvalue weighted by molar-refractivity contribution is -0.130. The second-order valence-corrected chi connectivity index (χ2v) is 5.82. The molecule has 1 aliphatic rings. The van der Waals surface area contributed by atoms with Crippen LogP contribution in [0.3, 0.4) is 0 Å². The Kier molecular flexibility index (Phi) is 5.20. The molecule has 4 amide bonds. The minimum absolute atomic E-state index is 0.105. The third-order valence-electron chi connectivity index (χ3n) is 3.92.